The van der Waals surface area contributed by atoms with Crippen LogP contribution in [0, 0.1) is 29.0 Å². The second-order valence-corrected chi connectivity index (χ2v) is 9.43. The van der Waals surface area contributed by atoms with E-state index in [1.807, 2.05) is 6.07 Å². The van der Waals surface area contributed by atoms with E-state index < -0.39 is 17.6 Å². The molecule has 1 heterocycles. The smallest absolute Gasteiger partial charge is 0.367 e. The minimum Gasteiger partial charge on any atom is -0.367 e. The zero-order valence-electron chi connectivity index (χ0n) is 19.0. The second-order valence-electron chi connectivity index (χ2n) is 9.43. The van der Waals surface area contributed by atoms with Crippen LogP contribution in [0.25, 0.3) is 0 Å². The molecule has 1 aliphatic carbocycles. The van der Waals surface area contributed by atoms with Gasteiger partial charge in [0.1, 0.15) is 11.6 Å². The quantitative estimate of drug-likeness (QED) is 0.430. The molecular formula is C25H33F4N3O. The Morgan fingerprint density at radius 2 is 1.67 bits per heavy atom. The maximum Gasteiger partial charge on any atom is 0.416 e. The van der Waals surface area contributed by atoms with Crippen molar-refractivity contribution in [2.75, 3.05) is 37.6 Å². The Bertz CT molecular complexity index is 820. The van der Waals surface area contributed by atoms with Crippen molar-refractivity contribution in [2.24, 2.45) is 11.8 Å². The molecule has 3 rings (SSSR count). The number of anilines is 1. The van der Waals surface area contributed by atoms with E-state index in [1.54, 1.807) is 4.90 Å². The van der Waals surface area contributed by atoms with E-state index in [0.29, 0.717) is 31.3 Å². The normalized spacial score (nSPS) is 22.2. The van der Waals surface area contributed by atoms with Gasteiger partial charge in [0.15, 0.2) is 0 Å². The number of alkyl halides is 3. The Labute approximate surface area is 193 Å². The molecular weight excluding hydrogens is 434 g/mol. The molecule has 1 saturated carbocycles. The molecule has 0 spiro atoms. The summed E-state index contributed by atoms with van der Waals surface area (Å²) in [6.07, 6.45) is 3.92. The SMILES string of the molecule is N#CCC(=O)CCCC1CCC(CCN2CCN(c3cc(C(F)(F)F)ccc3F)CC2)CC1. The first-order valence-electron chi connectivity index (χ1n) is 12.0. The highest BCUT2D eigenvalue weighted by Gasteiger charge is 2.32. The lowest BCUT2D eigenvalue weighted by atomic mass is 9.78. The number of rotatable bonds is 9. The largest absolute Gasteiger partial charge is 0.416 e. The highest BCUT2D eigenvalue weighted by molar-refractivity contribution is 5.80. The van der Waals surface area contributed by atoms with E-state index in [-0.39, 0.29) is 17.9 Å². The van der Waals surface area contributed by atoms with E-state index in [1.165, 1.54) is 25.7 Å². The van der Waals surface area contributed by atoms with E-state index in [0.717, 1.165) is 57.1 Å². The summed E-state index contributed by atoms with van der Waals surface area (Å²) in [6, 6.07) is 4.53. The number of ketones is 1. The molecule has 1 aliphatic heterocycles. The van der Waals surface area contributed by atoms with Gasteiger partial charge in [-0.05, 0) is 49.4 Å². The predicted octanol–water partition coefficient (Wildman–Crippen LogP) is 5.82. The Balaban J connectivity index is 1.35. The molecule has 1 saturated heterocycles. The number of hydrogen-bond donors (Lipinski definition) is 0. The maximum absolute atomic E-state index is 14.2. The lowest BCUT2D eigenvalue weighted by Crippen LogP contribution is -2.47. The third kappa shape index (κ3) is 7.70. The molecule has 0 atom stereocenters. The molecule has 182 valence electrons. The lowest BCUT2D eigenvalue weighted by Gasteiger charge is -2.37. The average molecular weight is 468 g/mol. The van der Waals surface area contributed by atoms with Gasteiger partial charge in [-0.2, -0.15) is 18.4 Å². The standard InChI is InChI=1S/C25H33F4N3O/c26-23-9-8-21(25(27,28)29)18-24(23)32-16-14-31(15-17-32)13-11-20-6-4-19(5-7-20)2-1-3-22(33)10-12-30/h8-9,18-20H,1-7,10-11,13-17H2. The van der Waals surface area contributed by atoms with Crippen molar-refractivity contribution >= 4 is 11.5 Å². The van der Waals surface area contributed by atoms with Crippen molar-refractivity contribution < 1.29 is 22.4 Å². The summed E-state index contributed by atoms with van der Waals surface area (Å²) in [5.41, 5.74) is -0.775. The van der Waals surface area contributed by atoms with Crippen molar-refractivity contribution in [3.8, 4) is 6.07 Å². The number of piperazine rings is 1. The summed E-state index contributed by atoms with van der Waals surface area (Å²) < 4.78 is 53.1. The van der Waals surface area contributed by atoms with Gasteiger partial charge >= 0.3 is 6.18 Å². The van der Waals surface area contributed by atoms with Gasteiger partial charge in [0.2, 0.25) is 0 Å². The summed E-state index contributed by atoms with van der Waals surface area (Å²) in [5.74, 6) is 0.812. The molecule has 33 heavy (non-hydrogen) atoms. The first-order chi connectivity index (χ1) is 15.8. The van der Waals surface area contributed by atoms with E-state index in [4.69, 9.17) is 5.26 Å². The van der Waals surface area contributed by atoms with Crippen molar-refractivity contribution in [1.29, 1.82) is 5.26 Å². The molecule has 1 aromatic carbocycles. The van der Waals surface area contributed by atoms with Gasteiger partial charge in [-0.1, -0.05) is 32.1 Å². The molecule has 0 N–H and O–H groups in total. The Morgan fingerprint density at radius 3 is 2.27 bits per heavy atom. The van der Waals surface area contributed by atoms with Crippen molar-refractivity contribution in [1.82, 2.24) is 4.90 Å². The number of hydrogen-bond acceptors (Lipinski definition) is 4. The summed E-state index contributed by atoms with van der Waals surface area (Å²) in [7, 11) is 0. The summed E-state index contributed by atoms with van der Waals surface area (Å²) in [5, 5.41) is 8.54. The van der Waals surface area contributed by atoms with Crippen LogP contribution in [0.3, 0.4) is 0 Å². The minimum absolute atomic E-state index is 0.0237. The van der Waals surface area contributed by atoms with Crippen molar-refractivity contribution in [2.45, 2.75) is 64.0 Å². The number of benzene rings is 1. The van der Waals surface area contributed by atoms with Crippen molar-refractivity contribution in [3.63, 3.8) is 0 Å². The summed E-state index contributed by atoms with van der Waals surface area (Å²) >= 11 is 0. The number of Topliss-reactive ketones (excluding diaryl/α,β-unsaturated/α-hetero) is 1. The number of halogens is 4. The van der Waals surface area contributed by atoms with E-state index >= 15 is 0 Å². The van der Waals surface area contributed by atoms with Crippen LogP contribution in [-0.2, 0) is 11.0 Å². The van der Waals surface area contributed by atoms with Crippen LogP contribution in [-0.4, -0.2) is 43.4 Å². The van der Waals surface area contributed by atoms with Crippen LogP contribution in [0.5, 0.6) is 0 Å². The van der Waals surface area contributed by atoms with Crippen LogP contribution in [0.1, 0.15) is 63.4 Å². The molecule has 8 heteroatoms. The number of nitrogens with zero attached hydrogens (tertiary/aromatic N) is 3. The summed E-state index contributed by atoms with van der Waals surface area (Å²) in [4.78, 5) is 15.5. The van der Waals surface area contributed by atoms with Crippen LogP contribution < -0.4 is 4.90 Å². The van der Waals surface area contributed by atoms with E-state index in [9.17, 15) is 22.4 Å². The monoisotopic (exact) mass is 467 g/mol. The fourth-order valence-electron chi connectivity index (χ4n) is 5.08. The zero-order valence-corrected chi connectivity index (χ0v) is 19.0. The van der Waals surface area contributed by atoms with Gasteiger partial charge in [0.05, 0.1) is 23.7 Å². The number of nitriles is 1. The van der Waals surface area contributed by atoms with Gasteiger partial charge in [-0.25, -0.2) is 4.39 Å². The van der Waals surface area contributed by atoms with Crippen molar-refractivity contribution in [3.05, 3.63) is 29.6 Å². The topological polar surface area (TPSA) is 47.3 Å². The highest BCUT2D eigenvalue weighted by Crippen LogP contribution is 2.35. The van der Waals surface area contributed by atoms with E-state index in [2.05, 4.69) is 4.90 Å². The molecule has 0 amide bonds. The lowest BCUT2D eigenvalue weighted by molar-refractivity contribution is -0.137. The van der Waals surface area contributed by atoms with Gasteiger partial charge in [-0.15, -0.1) is 0 Å². The molecule has 0 aromatic heterocycles. The van der Waals surface area contributed by atoms with Crippen LogP contribution in [0.4, 0.5) is 23.2 Å². The Morgan fingerprint density at radius 1 is 1.03 bits per heavy atom. The maximum atomic E-state index is 14.2. The van der Waals surface area contributed by atoms with Gasteiger partial charge in [0.25, 0.3) is 0 Å². The van der Waals surface area contributed by atoms with Gasteiger partial charge in [-0.3, -0.25) is 9.69 Å². The minimum atomic E-state index is -4.47. The molecule has 2 fully saturated rings. The molecule has 4 nitrogen and oxygen atoms in total. The number of carbonyl (C=O) groups excluding carboxylic acids is 1. The fraction of sp³-hybridized carbons (Fsp3) is 0.680. The van der Waals surface area contributed by atoms with Crippen LogP contribution in [0.2, 0.25) is 0 Å². The first-order valence-corrected chi connectivity index (χ1v) is 12.0. The predicted molar refractivity (Wildman–Crippen MR) is 119 cm³/mol. The number of carbonyl (C=O) groups is 1. The molecule has 2 aliphatic rings. The highest BCUT2D eigenvalue weighted by atomic mass is 19.4. The van der Waals surface area contributed by atoms with Crippen LogP contribution in [0.15, 0.2) is 18.2 Å². The molecule has 0 radical (unpaired) electrons. The Kier molecular flexibility index (Phi) is 9.13. The average Bonchev–Trinajstić information content (AvgIpc) is 2.79. The third-order valence-corrected chi connectivity index (χ3v) is 7.15. The first kappa shape index (κ1) is 25.5. The second kappa shape index (κ2) is 11.8. The Hall–Kier alpha value is -2.14. The molecule has 1 aromatic rings. The van der Waals surface area contributed by atoms with Crippen LogP contribution >= 0.6 is 0 Å². The van der Waals surface area contributed by atoms with Gasteiger partial charge < -0.3 is 4.90 Å². The summed E-state index contributed by atoms with van der Waals surface area (Å²) in [6.45, 7) is 3.46. The third-order valence-electron chi connectivity index (χ3n) is 7.15. The fourth-order valence-corrected chi connectivity index (χ4v) is 5.08. The molecule has 0 unspecified atom stereocenters. The molecule has 0 bridgehead atoms. The van der Waals surface area contributed by atoms with Gasteiger partial charge in [0, 0.05) is 32.6 Å². The zero-order chi connectivity index (χ0) is 23.8.